The Hall–Kier alpha value is -2.13. The van der Waals surface area contributed by atoms with Gasteiger partial charge in [-0.1, -0.05) is 43.7 Å². The highest BCUT2D eigenvalue weighted by Crippen LogP contribution is 2.37. The molecule has 0 aliphatic rings. The summed E-state index contributed by atoms with van der Waals surface area (Å²) in [6, 6.07) is 2.08. The van der Waals surface area contributed by atoms with Crippen molar-refractivity contribution in [1.82, 2.24) is 0 Å². The summed E-state index contributed by atoms with van der Waals surface area (Å²) in [5, 5.41) is 3.28. The first kappa shape index (κ1) is 22.9. The van der Waals surface area contributed by atoms with Crippen LogP contribution in [0, 0.1) is 13.8 Å². The smallest absolute Gasteiger partial charge is 0.124 e. The molecular weight excluding hydrogens is 352 g/mol. The first-order chi connectivity index (χ1) is 12.8. The van der Waals surface area contributed by atoms with Gasteiger partial charge in [-0.3, -0.25) is 0 Å². The van der Waals surface area contributed by atoms with Crippen molar-refractivity contribution in [2.45, 2.75) is 54.9 Å². The van der Waals surface area contributed by atoms with Gasteiger partial charge in [0.2, 0.25) is 0 Å². The highest BCUT2D eigenvalue weighted by Gasteiger charge is 2.14. The number of hydrogen-bond acceptors (Lipinski definition) is 3. The molecule has 0 atom stereocenters. The van der Waals surface area contributed by atoms with Crippen molar-refractivity contribution in [1.29, 1.82) is 0 Å². The van der Waals surface area contributed by atoms with Crippen molar-refractivity contribution in [3.8, 4) is 5.75 Å². The van der Waals surface area contributed by atoms with Gasteiger partial charge in [-0.2, -0.15) is 0 Å². The molecule has 3 heteroatoms. The molecule has 1 aromatic carbocycles. The minimum Gasteiger partial charge on any atom is -0.489 e. The van der Waals surface area contributed by atoms with Gasteiger partial charge in [0.1, 0.15) is 18.6 Å². The van der Waals surface area contributed by atoms with E-state index in [4.69, 9.17) is 4.74 Å². The molecule has 0 amide bonds. The Morgan fingerprint density at radius 1 is 1.19 bits per heavy atom. The molecule has 0 saturated carbocycles. The Balaban J connectivity index is 0.00000176. The van der Waals surface area contributed by atoms with E-state index in [9.17, 15) is 4.79 Å². The maximum Gasteiger partial charge on any atom is 0.124 e. The molecule has 0 radical (unpaired) electrons. The number of hydrogen-bond donors (Lipinski definition) is 0. The van der Waals surface area contributed by atoms with Crippen LogP contribution in [0.25, 0.3) is 10.1 Å². The Morgan fingerprint density at radius 2 is 1.85 bits per heavy atom. The van der Waals surface area contributed by atoms with E-state index in [2.05, 4.69) is 57.9 Å². The third-order valence-corrected chi connectivity index (χ3v) is 5.32. The molecule has 1 aromatic heterocycles. The number of rotatable bonds is 7. The van der Waals surface area contributed by atoms with Crippen LogP contribution in [-0.4, -0.2) is 12.9 Å². The van der Waals surface area contributed by atoms with E-state index in [0.717, 1.165) is 39.9 Å². The molecule has 0 spiro atoms. The second kappa shape index (κ2) is 10.9. The fourth-order valence-electron chi connectivity index (χ4n) is 2.72. The molecule has 2 aromatic rings. The number of carbonyl (C=O) groups excluding carboxylic acids is 1. The maximum atomic E-state index is 10.9. The first-order valence-electron chi connectivity index (χ1n) is 9.41. The zero-order valence-corrected chi connectivity index (χ0v) is 18.5. The average Bonchev–Trinajstić information content (AvgIpc) is 3.05. The number of ether oxygens (including phenoxy) is 1. The fraction of sp³-hybridized carbons (Fsp3) is 0.375. The molecular formula is C24H32O2S. The van der Waals surface area contributed by atoms with Crippen LogP contribution in [0.3, 0.4) is 0 Å². The van der Waals surface area contributed by atoms with Gasteiger partial charge in [0.15, 0.2) is 0 Å². The van der Waals surface area contributed by atoms with Crippen LogP contribution >= 0.6 is 11.3 Å². The van der Waals surface area contributed by atoms with Crippen molar-refractivity contribution in [2.75, 3.05) is 6.61 Å². The van der Waals surface area contributed by atoms with Crippen LogP contribution in [0.2, 0.25) is 0 Å². The van der Waals surface area contributed by atoms with E-state index in [1.165, 1.54) is 15.7 Å². The number of aldehydes is 1. The molecule has 0 bridgehead atoms. The SMILES string of the molecule is C=C(C)/C(=C\C=C(C)C)COc1cc(C)c2c(CC=O)csc2c1C.CC. The number of carbonyl (C=O) groups is 1. The number of aryl methyl sites for hydroxylation is 2. The van der Waals surface area contributed by atoms with Crippen LogP contribution in [0.1, 0.15) is 51.3 Å². The number of allylic oxidation sites excluding steroid dienone is 3. The number of fused-ring (bicyclic) bond motifs is 1. The van der Waals surface area contributed by atoms with Crippen molar-refractivity contribution in [2.24, 2.45) is 0 Å². The minimum absolute atomic E-state index is 0.464. The maximum absolute atomic E-state index is 10.9. The molecule has 2 nitrogen and oxygen atoms in total. The Bertz CT molecular complexity index is 862. The summed E-state index contributed by atoms with van der Waals surface area (Å²) in [7, 11) is 0. The molecule has 0 N–H and O–H groups in total. The van der Waals surface area contributed by atoms with Crippen molar-refractivity contribution in [3.63, 3.8) is 0 Å². The molecule has 0 unspecified atom stereocenters. The Labute approximate surface area is 168 Å². The lowest BCUT2D eigenvalue weighted by Gasteiger charge is -2.14. The molecule has 2 rings (SSSR count). The molecule has 27 heavy (non-hydrogen) atoms. The largest absolute Gasteiger partial charge is 0.489 e. The third kappa shape index (κ3) is 5.93. The topological polar surface area (TPSA) is 26.3 Å². The summed E-state index contributed by atoms with van der Waals surface area (Å²) in [5.74, 6) is 0.897. The summed E-state index contributed by atoms with van der Waals surface area (Å²) in [6.45, 7) is 18.9. The summed E-state index contributed by atoms with van der Waals surface area (Å²) < 4.78 is 7.34. The molecule has 0 fully saturated rings. The van der Waals surface area contributed by atoms with Crippen LogP contribution < -0.4 is 4.74 Å². The minimum atomic E-state index is 0.464. The van der Waals surface area contributed by atoms with Gasteiger partial charge >= 0.3 is 0 Å². The summed E-state index contributed by atoms with van der Waals surface area (Å²) in [6.07, 6.45) is 5.59. The normalized spacial score (nSPS) is 10.9. The molecule has 0 saturated heterocycles. The van der Waals surface area contributed by atoms with E-state index < -0.39 is 0 Å². The van der Waals surface area contributed by atoms with E-state index >= 15 is 0 Å². The molecule has 0 aliphatic heterocycles. The van der Waals surface area contributed by atoms with Crippen LogP contribution in [0.4, 0.5) is 0 Å². The van der Waals surface area contributed by atoms with E-state index in [-0.39, 0.29) is 0 Å². The van der Waals surface area contributed by atoms with Gasteiger partial charge in [-0.05, 0) is 68.2 Å². The standard InChI is InChI=1S/C22H26O2S.C2H6/c1-14(2)7-8-18(15(3)4)12-24-20-11-16(5)21-19(9-10-23)13-25-22(21)17(20)6;1-2/h7-8,10-11,13H,3,9,12H2,1-2,4-6H3;1-2H3/b18-8-;. The lowest BCUT2D eigenvalue weighted by atomic mass is 10.0. The van der Waals surface area contributed by atoms with Gasteiger partial charge in [0, 0.05) is 16.7 Å². The Morgan fingerprint density at radius 3 is 2.41 bits per heavy atom. The third-order valence-electron chi connectivity index (χ3n) is 4.17. The van der Waals surface area contributed by atoms with Crippen LogP contribution in [0.15, 0.2) is 46.9 Å². The van der Waals surface area contributed by atoms with Crippen molar-refractivity contribution < 1.29 is 9.53 Å². The van der Waals surface area contributed by atoms with Gasteiger partial charge in [-0.25, -0.2) is 0 Å². The predicted molar refractivity (Wildman–Crippen MR) is 120 cm³/mol. The summed E-state index contributed by atoms with van der Waals surface area (Å²) in [4.78, 5) is 10.9. The zero-order valence-electron chi connectivity index (χ0n) is 17.7. The predicted octanol–water partition coefficient (Wildman–Crippen LogP) is 7.13. The molecule has 1 heterocycles. The lowest BCUT2D eigenvalue weighted by molar-refractivity contribution is -0.107. The average molecular weight is 385 g/mol. The highest BCUT2D eigenvalue weighted by atomic mass is 32.1. The monoisotopic (exact) mass is 384 g/mol. The Kier molecular flexibility index (Phi) is 9.23. The van der Waals surface area contributed by atoms with E-state index in [0.29, 0.717) is 13.0 Å². The number of thiophene rings is 1. The van der Waals surface area contributed by atoms with Crippen molar-refractivity contribution in [3.05, 3.63) is 63.6 Å². The molecule has 0 aliphatic carbocycles. The number of benzene rings is 1. The summed E-state index contributed by atoms with van der Waals surface area (Å²) >= 11 is 1.68. The highest BCUT2D eigenvalue weighted by molar-refractivity contribution is 7.17. The second-order valence-corrected chi connectivity index (χ2v) is 7.54. The zero-order chi connectivity index (χ0) is 20.6. The summed E-state index contributed by atoms with van der Waals surface area (Å²) in [5.41, 5.74) is 6.73. The lowest BCUT2D eigenvalue weighted by Crippen LogP contribution is -2.04. The van der Waals surface area contributed by atoms with Crippen molar-refractivity contribution >= 4 is 27.7 Å². The first-order valence-corrected chi connectivity index (χ1v) is 10.3. The van der Waals surface area contributed by atoms with E-state index in [1.807, 2.05) is 20.8 Å². The van der Waals surface area contributed by atoms with Gasteiger partial charge in [-0.15, -0.1) is 11.3 Å². The fourth-order valence-corrected chi connectivity index (χ4v) is 3.88. The molecule has 146 valence electrons. The van der Waals surface area contributed by atoms with Gasteiger partial charge in [0.05, 0.1) is 0 Å². The van der Waals surface area contributed by atoms with E-state index in [1.54, 1.807) is 11.3 Å². The van der Waals surface area contributed by atoms with Gasteiger partial charge < -0.3 is 9.53 Å². The van der Waals surface area contributed by atoms with Crippen LogP contribution in [-0.2, 0) is 11.2 Å². The van der Waals surface area contributed by atoms with Gasteiger partial charge in [0.25, 0.3) is 0 Å². The second-order valence-electron chi connectivity index (χ2n) is 6.66. The van der Waals surface area contributed by atoms with Crippen LogP contribution in [0.5, 0.6) is 5.75 Å². The quantitative estimate of drug-likeness (QED) is 0.375.